The zero-order valence-corrected chi connectivity index (χ0v) is 12.5. The van der Waals surface area contributed by atoms with Crippen LogP contribution in [0.3, 0.4) is 0 Å². The van der Waals surface area contributed by atoms with Crippen LogP contribution in [0.15, 0.2) is 6.20 Å². The van der Waals surface area contributed by atoms with Crippen molar-refractivity contribution in [2.75, 3.05) is 25.0 Å². The first-order valence-electron chi connectivity index (χ1n) is 7.56. The number of ether oxygens (including phenoxy) is 1. The summed E-state index contributed by atoms with van der Waals surface area (Å²) in [4.78, 5) is 25.2. The first-order chi connectivity index (χ1) is 10.6. The van der Waals surface area contributed by atoms with Crippen molar-refractivity contribution in [3.05, 3.63) is 11.9 Å². The summed E-state index contributed by atoms with van der Waals surface area (Å²) in [6.45, 7) is 3.98. The Hall–Kier alpha value is -2.09. The lowest BCUT2D eigenvalue weighted by Gasteiger charge is -2.33. The smallest absolute Gasteiger partial charge is 0.358 e. The number of aromatic nitrogens is 2. The molecule has 1 aliphatic carbocycles. The first kappa shape index (κ1) is 14.8. The van der Waals surface area contributed by atoms with Crippen molar-refractivity contribution in [1.82, 2.24) is 14.7 Å². The van der Waals surface area contributed by atoms with E-state index in [1.54, 1.807) is 11.1 Å². The lowest BCUT2D eigenvalue weighted by Crippen LogP contribution is -2.48. The number of carboxylic acid groups (broad SMARTS) is 1. The molecule has 8 heteroatoms. The minimum Gasteiger partial charge on any atom is -0.476 e. The van der Waals surface area contributed by atoms with Gasteiger partial charge in [0.2, 0.25) is 0 Å². The Morgan fingerprint density at radius 2 is 2.27 bits per heavy atom. The van der Waals surface area contributed by atoms with Crippen LogP contribution in [0.1, 0.15) is 30.3 Å². The van der Waals surface area contributed by atoms with Gasteiger partial charge in [-0.3, -0.25) is 4.68 Å². The second-order valence-electron chi connectivity index (χ2n) is 5.68. The summed E-state index contributed by atoms with van der Waals surface area (Å²) in [5.74, 6) is -0.589. The van der Waals surface area contributed by atoms with E-state index >= 15 is 0 Å². The topological polar surface area (TPSA) is 96.7 Å². The number of hydrogen-bond acceptors (Lipinski definition) is 4. The van der Waals surface area contributed by atoms with E-state index in [-0.39, 0.29) is 23.5 Å². The zero-order valence-electron chi connectivity index (χ0n) is 12.5. The van der Waals surface area contributed by atoms with Gasteiger partial charge in [0.05, 0.1) is 18.4 Å². The third-order valence-electron chi connectivity index (χ3n) is 4.06. The monoisotopic (exact) mass is 308 g/mol. The van der Waals surface area contributed by atoms with E-state index in [1.807, 2.05) is 6.92 Å². The Bertz CT molecular complexity index is 581. The van der Waals surface area contributed by atoms with Crippen LogP contribution >= 0.6 is 0 Å². The van der Waals surface area contributed by atoms with Crippen molar-refractivity contribution in [1.29, 1.82) is 0 Å². The highest BCUT2D eigenvalue weighted by Gasteiger charge is 2.36. The lowest BCUT2D eigenvalue weighted by molar-refractivity contribution is -0.0234. The molecule has 1 aromatic heterocycles. The van der Waals surface area contributed by atoms with Crippen LogP contribution in [0.25, 0.3) is 0 Å². The van der Waals surface area contributed by atoms with Crippen molar-refractivity contribution in [3.63, 3.8) is 0 Å². The fraction of sp³-hybridized carbons (Fsp3) is 0.643. The molecule has 1 saturated carbocycles. The molecule has 2 heterocycles. The van der Waals surface area contributed by atoms with Gasteiger partial charge >= 0.3 is 12.0 Å². The van der Waals surface area contributed by atoms with Gasteiger partial charge in [-0.2, -0.15) is 5.10 Å². The van der Waals surface area contributed by atoms with Gasteiger partial charge in [-0.1, -0.05) is 0 Å². The van der Waals surface area contributed by atoms with Gasteiger partial charge in [0.15, 0.2) is 5.69 Å². The van der Waals surface area contributed by atoms with Crippen molar-refractivity contribution in [2.45, 2.75) is 32.4 Å². The number of morpholine rings is 1. The SMILES string of the molecule is CCn1cc(NC(=O)N2CCOC(C3CC3)C2)c(C(=O)O)n1. The Morgan fingerprint density at radius 3 is 2.91 bits per heavy atom. The average Bonchev–Trinajstić information content (AvgIpc) is 3.28. The molecule has 2 N–H and O–H groups in total. The molecule has 1 aromatic rings. The van der Waals surface area contributed by atoms with Crippen LogP contribution in [0.4, 0.5) is 10.5 Å². The first-order valence-corrected chi connectivity index (χ1v) is 7.56. The third kappa shape index (κ3) is 3.06. The van der Waals surface area contributed by atoms with Crippen LogP contribution in [0, 0.1) is 5.92 Å². The van der Waals surface area contributed by atoms with Crippen LogP contribution in [-0.4, -0.2) is 57.6 Å². The molecular formula is C14H20N4O4. The highest BCUT2D eigenvalue weighted by molar-refractivity contribution is 5.98. The normalized spacial score (nSPS) is 21.7. The van der Waals surface area contributed by atoms with Crippen molar-refractivity contribution in [3.8, 4) is 0 Å². The van der Waals surface area contributed by atoms with Crippen molar-refractivity contribution in [2.24, 2.45) is 5.92 Å². The van der Waals surface area contributed by atoms with Crippen LogP contribution < -0.4 is 5.32 Å². The van der Waals surface area contributed by atoms with E-state index in [2.05, 4.69) is 10.4 Å². The molecular weight excluding hydrogens is 288 g/mol. The highest BCUT2D eigenvalue weighted by atomic mass is 16.5. The largest absolute Gasteiger partial charge is 0.476 e. The fourth-order valence-corrected chi connectivity index (χ4v) is 2.64. The molecule has 0 bridgehead atoms. The minimum atomic E-state index is -1.15. The van der Waals surface area contributed by atoms with E-state index < -0.39 is 5.97 Å². The van der Waals surface area contributed by atoms with Crippen LogP contribution in [0.2, 0.25) is 0 Å². The average molecular weight is 308 g/mol. The van der Waals surface area contributed by atoms with Gasteiger partial charge in [0.1, 0.15) is 0 Å². The molecule has 2 fully saturated rings. The standard InChI is InChI=1S/C14H20N4O4/c1-2-18-7-10(12(16-18)13(19)20)15-14(21)17-5-6-22-11(8-17)9-3-4-9/h7,9,11H,2-6,8H2,1H3,(H,15,21)(H,19,20). The van der Waals surface area contributed by atoms with E-state index in [0.29, 0.717) is 32.2 Å². The van der Waals surface area contributed by atoms with Gasteiger partial charge in [-0.15, -0.1) is 0 Å². The maximum Gasteiger partial charge on any atom is 0.358 e. The Labute approximate surface area is 128 Å². The minimum absolute atomic E-state index is 0.108. The summed E-state index contributed by atoms with van der Waals surface area (Å²) in [7, 11) is 0. The number of aromatic carboxylic acids is 1. The molecule has 1 saturated heterocycles. The van der Waals surface area contributed by atoms with Crippen LogP contribution in [0.5, 0.6) is 0 Å². The molecule has 1 atom stereocenters. The second-order valence-corrected chi connectivity index (χ2v) is 5.68. The molecule has 120 valence electrons. The number of anilines is 1. The molecule has 3 rings (SSSR count). The number of hydrogen-bond donors (Lipinski definition) is 2. The molecule has 0 spiro atoms. The molecule has 0 radical (unpaired) electrons. The number of amides is 2. The van der Waals surface area contributed by atoms with Crippen molar-refractivity contribution < 1.29 is 19.4 Å². The van der Waals surface area contributed by atoms with E-state index in [0.717, 1.165) is 12.8 Å². The van der Waals surface area contributed by atoms with Crippen molar-refractivity contribution >= 4 is 17.7 Å². The fourth-order valence-electron chi connectivity index (χ4n) is 2.64. The molecule has 8 nitrogen and oxygen atoms in total. The Morgan fingerprint density at radius 1 is 1.50 bits per heavy atom. The molecule has 1 aliphatic heterocycles. The maximum absolute atomic E-state index is 12.4. The van der Waals surface area contributed by atoms with E-state index in [4.69, 9.17) is 9.84 Å². The highest BCUT2D eigenvalue weighted by Crippen LogP contribution is 2.35. The van der Waals surface area contributed by atoms with Gasteiger partial charge in [-0.05, 0) is 25.7 Å². The predicted octanol–water partition coefficient (Wildman–Crippen LogP) is 1.24. The number of carboxylic acids is 1. The zero-order chi connectivity index (χ0) is 15.7. The predicted molar refractivity (Wildman–Crippen MR) is 77.9 cm³/mol. The van der Waals surface area contributed by atoms with Gasteiger partial charge in [0, 0.05) is 25.8 Å². The van der Waals surface area contributed by atoms with E-state index in [9.17, 15) is 9.59 Å². The van der Waals surface area contributed by atoms with E-state index in [1.165, 1.54) is 4.68 Å². The number of rotatable bonds is 4. The number of nitrogens with zero attached hydrogens (tertiary/aromatic N) is 3. The quantitative estimate of drug-likeness (QED) is 0.872. The molecule has 22 heavy (non-hydrogen) atoms. The maximum atomic E-state index is 12.4. The summed E-state index contributed by atoms with van der Waals surface area (Å²) in [6.07, 6.45) is 3.97. The van der Waals surface area contributed by atoms with Gasteiger partial charge in [-0.25, -0.2) is 9.59 Å². The third-order valence-corrected chi connectivity index (χ3v) is 4.06. The van der Waals surface area contributed by atoms with Gasteiger partial charge in [0.25, 0.3) is 0 Å². The molecule has 2 amide bonds. The van der Waals surface area contributed by atoms with Gasteiger partial charge < -0.3 is 20.1 Å². The second kappa shape index (κ2) is 5.96. The lowest BCUT2D eigenvalue weighted by atomic mass is 10.2. The summed E-state index contributed by atoms with van der Waals surface area (Å²) < 4.78 is 7.18. The Balaban J connectivity index is 1.68. The molecule has 1 unspecified atom stereocenters. The number of carbonyl (C=O) groups is 2. The summed E-state index contributed by atoms with van der Waals surface area (Å²) >= 11 is 0. The number of nitrogens with one attached hydrogen (secondary N) is 1. The number of urea groups is 1. The number of aryl methyl sites for hydroxylation is 1. The Kier molecular flexibility index (Phi) is 4.02. The summed E-state index contributed by atoms with van der Waals surface area (Å²) in [5, 5.41) is 15.8. The van der Waals surface area contributed by atoms with Crippen LogP contribution in [-0.2, 0) is 11.3 Å². The summed E-state index contributed by atoms with van der Waals surface area (Å²) in [6, 6.07) is -0.299. The summed E-state index contributed by atoms with van der Waals surface area (Å²) in [5.41, 5.74) is 0.0935. The molecule has 2 aliphatic rings. The molecule has 0 aromatic carbocycles. The number of carbonyl (C=O) groups excluding carboxylic acids is 1.